The number of ether oxygens (including phenoxy) is 3. The molecular weight excluding hydrogens is 396 g/mol. The fourth-order valence-electron chi connectivity index (χ4n) is 3.89. The van der Waals surface area contributed by atoms with E-state index in [4.69, 9.17) is 14.2 Å². The number of halogens is 1. The molecule has 2 aliphatic heterocycles. The fourth-order valence-corrected chi connectivity index (χ4v) is 4.15. The summed E-state index contributed by atoms with van der Waals surface area (Å²) in [5, 5.41) is 21.0. The number of esters is 2. The number of hydrogen-bond donors (Lipinski definition) is 2. The van der Waals surface area contributed by atoms with Gasteiger partial charge in [0.1, 0.15) is 11.7 Å². The molecule has 132 valence electrons. The molecule has 1 unspecified atom stereocenters. The molecule has 2 heterocycles. The Bertz CT molecular complexity index is 770. The molecule has 3 aliphatic rings. The summed E-state index contributed by atoms with van der Waals surface area (Å²) in [5.41, 5.74) is -1.09. The predicted octanol–water partition coefficient (Wildman–Crippen LogP) is 1.13. The lowest BCUT2D eigenvalue weighted by atomic mass is 9.81. The largest absolute Gasteiger partial charge is 0.472 e. The molecule has 6 atom stereocenters. The maximum absolute atomic E-state index is 12.4. The number of carbonyl (C=O) groups is 2. The van der Waals surface area contributed by atoms with Crippen LogP contribution in [0.3, 0.4) is 0 Å². The van der Waals surface area contributed by atoms with Gasteiger partial charge in [0.25, 0.3) is 0 Å². The summed E-state index contributed by atoms with van der Waals surface area (Å²) < 4.78 is 16.7. The van der Waals surface area contributed by atoms with E-state index in [0.717, 1.165) is 10.7 Å². The van der Waals surface area contributed by atoms with Gasteiger partial charge in [0.2, 0.25) is 6.29 Å². The number of rotatable bonds is 2. The van der Waals surface area contributed by atoms with E-state index >= 15 is 0 Å². The van der Waals surface area contributed by atoms with Crippen LogP contribution < -0.4 is 0 Å². The number of aliphatic hydroxyl groups excluding tert-OH is 1. The molecule has 0 radical (unpaired) electrons. The summed E-state index contributed by atoms with van der Waals surface area (Å²) in [6.45, 7) is 1.44. The first-order valence-electron chi connectivity index (χ1n) is 7.74. The average molecular weight is 411 g/mol. The first kappa shape index (κ1) is 16.6. The minimum Gasteiger partial charge on any atom is -0.472 e. The smallest absolute Gasteiger partial charge is 0.338 e. The van der Waals surface area contributed by atoms with Crippen LogP contribution in [0.4, 0.5) is 0 Å². The van der Waals surface area contributed by atoms with Crippen molar-refractivity contribution >= 4 is 27.9 Å². The lowest BCUT2D eigenvalue weighted by molar-refractivity contribution is -0.182. The topological polar surface area (TPSA) is 102 Å². The van der Waals surface area contributed by atoms with Crippen molar-refractivity contribution in [2.75, 3.05) is 0 Å². The van der Waals surface area contributed by atoms with Crippen LogP contribution in [-0.2, 0) is 19.0 Å². The van der Waals surface area contributed by atoms with E-state index in [1.54, 1.807) is 24.3 Å². The van der Waals surface area contributed by atoms with E-state index in [2.05, 4.69) is 15.9 Å². The van der Waals surface area contributed by atoms with E-state index < -0.39 is 47.9 Å². The van der Waals surface area contributed by atoms with Crippen LogP contribution in [0.25, 0.3) is 0 Å². The number of carbonyl (C=O) groups excluding carboxylic acids is 2. The van der Waals surface area contributed by atoms with Crippen LogP contribution in [0.1, 0.15) is 17.3 Å². The zero-order valence-electron chi connectivity index (χ0n) is 13.1. The van der Waals surface area contributed by atoms with Gasteiger partial charge in [-0.1, -0.05) is 15.9 Å². The van der Waals surface area contributed by atoms with Crippen molar-refractivity contribution in [1.82, 2.24) is 0 Å². The molecule has 25 heavy (non-hydrogen) atoms. The predicted molar refractivity (Wildman–Crippen MR) is 86.0 cm³/mol. The maximum atomic E-state index is 12.4. The summed E-state index contributed by atoms with van der Waals surface area (Å²) >= 11 is 3.28. The molecule has 7 nitrogen and oxygen atoms in total. The zero-order chi connectivity index (χ0) is 17.9. The van der Waals surface area contributed by atoms with Crippen molar-refractivity contribution in [1.29, 1.82) is 0 Å². The van der Waals surface area contributed by atoms with Gasteiger partial charge in [0.15, 0.2) is 6.10 Å². The molecule has 8 heteroatoms. The Morgan fingerprint density at radius 1 is 1.32 bits per heavy atom. The van der Waals surface area contributed by atoms with Crippen LogP contribution in [0, 0.1) is 11.8 Å². The van der Waals surface area contributed by atoms with Crippen molar-refractivity contribution < 1.29 is 34.0 Å². The summed E-state index contributed by atoms with van der Waals surface area (Å²) in [5.74, 6) is -2.67. The van der Waals surface area contributed by atoms with Gasteiger partial charge in [0.05, 0.1) is 23.3 Å². The number of aliphatic hydroxyl groups is 2. The summed E-state index contributed by atoms with van der Waals surface area (Å²) in [7, 11) is 0. The number of hydrogen-bond acceptors (Lipinski definition) is 7. The third-order valence-corrected chi connectivity index (χ3v) is 5.61. The fraction of sp³-hybridized carbons (Fsp3) is 0.412. The van der Waals surface area contributed by atoms with Crippen LogP contribution in [-0.4, -0.2) is 46.3 Å². The van der Waals surface area contributed by atoms with Crippen molar-refractivity contribution in [2.45, 2.75) is 31.0 Å². The summed E-state index contributed by atoms with van der Waals surface area (Å²) in [6, 6.07) is 6.54. The average Bonchev–Trinajstić information content (AvgIpc) is 2.98. The van der Waals surface area contributed by atoms with E-state index in [0.29, 0.717) is 5.56 Å². The normalized spacial score (nSPS) is 38.5. The Morgan fingerprint density at radius 3 is 2.68 bits per heavy atom. The molecule has 4 rings (SSSR count). The first-order valence-corrected chi connectivity index (χ1v) is 8.53. The van der Waals surface area contributed by atoms with Gasteiger partial charge in [-0.25, -0.2) is 9.59 Å². The van der Waals surface area contributed by atoms with E-state index in [9.17, 15) is 19.8 Å². The molecule has 0 aromatic heterocycles. The van der Waals surface area contributed by atoms with E-state index in [1.165, 1.54) is 6.92 Å². The lowest BCUT2D eigenvalue weighted by Gasteiger charge is -2.36. The van der Waals surface area contributed by atoms with Crippen LogP contribution in [0.5, 0.6) is 0 Å². The quantitative estimate of drug-likeness (QED) is 0.704. The maximum Gasteiger partial charge on any atom is 0.338 e. The van der Waals surface area contributed by atoms with E-state index in [-0.39, 0.29) is 5.57 Å². The summed E-state index contributed by atoms with van der Waals surface area (Å²) in [4.78, 5) is 24.4. The second-order valence-electron chi connectivity index (χ2n) is 6.58. The van der Waals surface area contributed by atoms with Gasteiger partial charge in [-0.05, 0) is 31.2 Å². The minimum absolute atomic E-state index is 0.239. The highest BCUT2D eigenvalue weighted by Crippen LogP contribution is 2.54. The Kier molecular flexibility index (Phi) is 3.68. The van der Waals surface area contributed by atoms with Crippen molar-refractivity contribution in [2.24, 2.45) is 11.8 Å². The molecule has 0 bridgehead atoms. The van der Waals surface area contributed by atoms with Gasteiger partial charge < -0.3 is 24.4 Å². The Morgan fingerprint density at radius 2 is 2.00 bits per heavy atom. The number of benzene rings is 1. The first-order chi connectivity index (χ1) is 11.8. The standard InChI is InChI=1S/C17H15BrO7/c1-17(22)11-10-9(6-23-16(11)21)15(20)24-12(10)13(17)25-14(19)7-2-4-8(18)5-3-7/h2-6,10-13,16,21-22H,1H3/t10-,11-,12+,13+,16?,17-/m1/s1. The molecule has 1 saturated carbocycles. The van der Waals surface area contributed by atoms with E-state index in [1.807, 2.05) is 0 Å². The lowest BCUT2D eigenvalue weighted by Crippen LogP contribution is -2.50. The highest BCUT2D eigenvalue weighted by atomic mass is 79.9. The molecule has 1 saturated heterocycles. The van der Waals surface area contributed by atoms with Crippen molar-refractivity contribution in [3.05, 3.63) is 46.1 Å². The molecule has 2 N–H and O–H groups in total. The highest BCUT2D eigenvalue weighted by Gasteiger charge is 2.69. The SMILES string of the molecule is C[C@]1(O)[C@@H](OC(=O)c2ccc(Br)cc2)[C@H]2OC(=O)C3=COC(O)[C@H]1[C@@H]32. The van der Waals surface area contributed by atoms with Gasteiger partial charge in [-0.2, -0.15) is 0 Å². The zero-order valence-corrected chi connectivity index (χ0v) is 14.7. The third kappa shape index (κ3) is 2.39. The second-order valence-corrected chi connectivity index (χ2v) is 7.50. The van der Waals surface area contributed by atoms with Gasteiger partial charge in [-0.3, -0.25) is 0 Å². The monoisotopic (exact) mass is 410 g/mol. The molecular formula is C17H15BrO7. The molecule has 2 fully saturated rings. The van der Waals surface area contributed by atoms with Crippen LogP contribution in [0.2, 0.25) is 0 Å². The van der Waals surface area contributed by atoms with Gasteiger partial charge in [-0.15, -0.1) is 0 Å². The minimum atomic E-state index is -1.63. The Hall–Kier alpha value is -1.90. The molecule has 1 aromatic rings. The molecule has 0 amide bonds. The van der Waals surface area contributed by atoms with Crippen molar-refractivity contribution in [3.63, 3.8) is 0 Å². The van der Waals surface area contributed by atoms with Crippen LogP contribution in [0.15, 0.2) is 40.6 Å². The van der Waals surface area contributed by atoms with Gasteiger partial charge in [0, 0.05) is 10.4 Å². The molecule has 1 aromatic carbocycles. The van der Waals surface area contributed by atoms with Crippen LogP contribution >= 0.6 is 15.9 Å². The second kappa shape index (κ2) is 5.55. The Balaban J connectivity index is 1.65. The van der Waals surface area contributed by atoms with Crippen molar-refractivity contribution in [3.8, 4) is 0 Å². The molecule has 0 spiro atoms. The third-order valence-electron chi connectivity index (χ3n) is 5.08. The highest BCUT2D eigenvalue weighted by molar-refractivity contribution is 9.10. The molecule has 1 aliphatic carbocycles. The van der Waals surface area contributed by atoms with Gasteiger partial charge >= 0.3 is 11.9 Å². The summed E-state index contributed by atoms with van der Waals surface area (Å²) in [6.07, 6.45) is -2.15. The Labute approximate surface area is 151 Å².